The van der Waals surface area contributed by atoms with Crippen molar-refractivity contribution in [2.24, 2.45) is 5.92 Å². The molecule has 0 radical (unpaired) electrons. The molecule has 3 rings (SSSR count). The number of rotatable bonds is 5. The summed E-state index contributed by atoms with van der Waals surface area (Å²) in [5.74, 6) is 1.47. The number of amides is 1. The van der Waals surface area contributed by atoms with Crippen LogP contribution in [0.1, 0.15) is 23.5 Å². The van der Waals surface area contributed by atoms with E-state index < -0.39 is 0 Å². The van der Waals surface area contributed by atoms with Crippen molar-refractivity contribution in [2.45, 2.75) is 18.9 Å². The highest BCUT2D eigenvalue weighted by molar-refractivity contribution is 5.82. The van der Waals surface area contributed by atoms with Gasteiger partial charge in [0.1, 0.15) is 5.75 Å². The van der Waals surface area contributed by atoms with Crippen molar-refractivity contribution in [1.82, 2.24) is 5.32 Å². The van der Waals surface area contributed by atoms with Crippen molar-refractivity contribution in [3.63, 3.8) is 0 Å². The van der Waals surface area contributed by atoms with E-state index in [1.165, 1.54) is 5.56 Å². The highest BCUT2D eigenvalue weighted by Crippen LogP contribution is 2.47. The van der Waals surface area contributed by atoms with Gasteiger partial charge in [0.05, 0.1) is 7.11 Å². The van der Waals surface area contributed by atoms with E-state index in [1.807, 2.05) is 54.6 Å². The molecule has 0 spiro atoms. The summed E-state index contributed by atoms with van der Waals surface area (Å²) in [6, 6.07) is 18.0. The van der Waals surface area contributed by atoms with Gasteiger partial charge in [-0.1, -0.05) is 42.5 Å². The Balaban J connectivity index is 1.53. The Bertz CT molecular complexity index is 607. The minimum Gasteiger partial charge on any atom is -0.497 e. The Morgan fingerprint density at radius 3 is 2.52 bits per heavy atom. The molecule has 1 amide bonds. The maximum atomic E-state index is 12.1. The van der Waals surface area contributed by atoms with E-state index in [2.05, 4.69) is 5.32 Å². The monoisotopic (exact) mass is 281 g/mol. The van der Waals surface area contributed by atoms with Gasteiger partial charge >= 0.3 is 0 Å². The Labute approximate surface area is 124 Å². The van der Waals surface area contributed by atoms with Crippen LogP contribution in [0.5, 0.6) is 5.75 Å². The lowest BCUT2D eigenvalue weighted by Gasteiger charge is -2.06. The summed E-state index contributed by atoms with van der Waals surface area (Å²) in [4.78, 5) is 12.1. The molecule has 0 saturated heterocycles. The van der Waals surface area contributed by atoms with E-state index in [-0.39, 0.29) is 11.8 Å². The molecule has 21 heavy (non-hydrogen) atoms. The first-order valence-electron chi connectivity index (χ1n) is 7.23. The molecule has 0 bridgehead atoms. The number of benzene rings is 2. The zero-order valence-corrected chi connectivity index (χ0v) is 12.1. The first-order chi connectivity index (χ1) is 10.3. The molecule has 108 valence electrons. The van der Waals surface area contributed by atoms with Gasteiger partial charge < -0.3 is 10.1 Å². The fourth-order valence-electron chi connectivity index (χ4n) is 2.62. The molecule has 1 saturated carbocycles. The average molecular weight is 281 g/mol. The quantitative estimate of drug-likeness (QED) is 0.914. The second-order valence-electron chi connectivity index (χ2n) is 5.43. The lowest BCUT2D eigenvalue weighted by molar-refractivity contribution is -0.122. The van der Waals surface area contributed by atoms with Crippen molar-refractivity contribution in [3.8, 4) is 5.75 Å². The van der Waals surface area contributed by atoms with Crippen molar-refractivity contribution >= 4 is 5.91 Å². The third-order valence-electron chi connectivity index (χ3n) is 3.98. The maximum Gasteiger partial charge on any atom is 0.224 e. The molecule has 2 aromatic rings. The zero-order valence-electron chi connectivity index (χ0n) is 12.1. The van der Waals surface area contributed by atoms with E-state index in [0.29, 0.717) is 12.5 Å². The van der Waals surface area contributed by atoms with Gasteiger partial charge in [0.25, 0.3) is 0 Å². The van der Waals surface area contributed by atoms with Crippen LogP contribution < -0.4 is 10.1 Å². The molecule has 1 aliphatic carbocycles. The van der Waals surface area contributed by atoms with E-state index >= 15 is 0 Å². The minimum atomic E-state index is 0.113. The van der Waals surface area contributed by atoms with Gasteiger partial charge in [-0.2, -0.15) is 0 Å². The first kappa shape index (κ1) is 13.7. The van der Waals surface area contributed by atoms with E-state index in [1.54, 1.807) is 7.11 Å². The van der Waals surface area contributed by atoms with Crippen LogP contribution in [0.3, 0.4) is 0 Å². The van der Waals surface area contributed by atoms with E-state index in [9.17, 15) is 4.79 Å². The number of hydrogen-bond acceptors (Lipinski definition) is 2. The van der Waals surface area contributed by atoms with Crippen molar-refractivity contribution < 1.29 is 9.53 Å². The molecule has 2 atom stereocenters. The van der Waals surface area contributed by atoms with Crippen LogP contribution >= 0.6 is 0 Å². The predicted octanol–water partition coefficient (Wildman–Crippen LogP) is 3.12. The zero-order chi connectivity index (χ0) is 14.7. The van der Waals surface area contributed by atoms with E-state index in [0.717, 1.165) is 17.7 Å². The lowest BCUT2D eigenvalue weighted by Crippen LogP contribution is -2.24. The normalized spacial score (nSPS) is 19.9. The van der Waals surface area contributed by atoms with Gasteiger partial charge in [-0.05, 0) is 35.6 Å². The van der Waals surface area contributed by atoms with Crippen LogP contribution in [-0.4, -0.2) is 13.0 Å². The molecule has 3 heteroatoms. The number of carbonyl (C=O) groups is 1. The van der Waals surface area contributed by atoms with E-state index in [4.69, 9.17) is 4.74 Å². The Morgan fingerprint density at radius 2 is 1.86 bits per heavy atom. The summed E-state index contributed by atoms with van der Waals surface area (Å²) < 4.78 is 5.15. The largest absolute Gasteiger partial charge is 0.497 e. The summed E-state index contributed by atoms with van der Waals surface area (Å²) in [7, 11) is 1.66. The van der Waals surface area contributed by atoms with Crippen LogP contribution in [0.4, 0.5) is 0 Å². The smallest absolute Gasteiger partial charge is 0.224 e. The second kappa shape index (κ2) is 6.00. The Morgan fingerprint density at radius 1 is 1.14 bits per heavy atom. The SMILES string of the molecule is COc1ccc(C2CC2C(=O)NCc2ccccc2)cc1. The highest BCUT2D eigenvalue weighted by atomic mass is 16.5. The molecule has 0 heterocycles. The molecule has 0 aliphatic heterocycles. The van der Waals surface area contributed by atoms with Gasteiger partial charge in [-0.25, -0.2) is 0 Å². The van der Waals surface area contributed by atoms with Crippen LogP contribution in [0.25, 0.3) is 0 Å². The number of hydrogen-bond donors (Lipinski definition) is 1. The fourth-order valence-corrected chi connectivity index (χ4v) is 2.62. The van der Waals surface area contributed by atoms with Gasteiger partial charge in [-0.3, -0.25) is 4.79 Å². The maximum absolute atomic E-state index is 12.1. The molecule has 2 aromatic carbocycles. The summed E-state index contributed by atoms with van der Waals surface area (Å²) in [5.41, 5.74) is 2.35. The summed E-state index contributed by atoms with van der Waals surface area (Å²) in [6.07, 6.45) is 0.937. The average Bonchev–Trinajstić information content (AvgIpc) is 3.34. The number of methoxy groups -OCH3 is 1. The summed E-state index contributed by atoms with van der Waals surface area (Å²) in [6.45, 7) is 0.603. The first-order valence-corrected chi connectivity index (χ1v) is 7.23. The number of ether oxygens (including phenoxy) is 1. The molecule has 2 unspecified atom stereocenters. The molecule has 0 aromatic heterocycles. The highest BCUT2D eigenvalue weighted by Gasteiger charge is 2.43. The fraction of sp³-hybridized carbons (Fsp3) is 0.278. The molecule has 3 nitrogen and oxygen atoms in total. The van der Waals surface area contributed by atoms with Crippen LogP contribution in [-0.2, 0) is 11.3 Å². The predicted molar refractivity (Wildman–Crippen MR) is 82.1 cm³/mol. The third kappa shape index (κ3) is 3.24. The molecule has 1 N–H and O–H groups in total. The number of nitrogens with one attached hydrogen (secondary N) is 1. The molecule has 1 fully saturated rings. The van der Waals surface area contributed by atoms with Gasteiger partial charge in [-0.15, -0.1) is 0 Å². The summed E-state index contributed by atoms with van der Waals surface area (Å²) >= 11 is 0. The lowest BCUT2D eigenvalue weighted by atomic mass is 10.1. The Hall–Kier alpha value is -2.29. The summed E-state index contributed by atoms with van der Waals surface area (Å²) in [5, 5.41) is 3.02. The number of carbonyl (C=O) groups excluding carboxylic acids is 1. The second-order valence-corrected chi connectivity index (χ2v) is 5.43. The third-order valence-corrected chi connectivity index (χ3v) is 3.98. The van der Waals surface area contributed by atoms with Crippen LogP contribution in [0.2, 0.25) is 0 Å². The molecular formula is C18H19NO2. The van der Waals surface area contributed by atoms with Crippen LogP contribution in [0.15, 0.2) is 54.6 Å². The topological polar surface area (TPSA) is 38.3 Å². The van der Waals surface area contributed by atoms with Gasteiger partial charge in [0, 0.05) is 12.5 Å². The molecule has 1 aliphatic rings. The van der Waals surface area contributed by atoms with Crippen molar-refractivity contribution in [3.05, 3.63) is 65.7 Å². The molecular weight excluding hydrogens is 262 g/mol. The standard InChI is InChI=1S/C18H19NO2/c1-21-15-9-7-14(8-10-15)16-11-17(16)18(20)19-12-13-5-3-2-4-6-13/h2-10,16-17H,11-12H2,1H3,(H,19,20). The van der Waals surface area contributed by atoms with Crippen molar-refractivity contribution in [1.29, 1.82) is 0 Å². The van der Waals surface area contributed by atoms with Gasteiger partial charge in [0.2, 0.25) is 5.91 Å². The van der Waals surface area contributed by atoms with Gasteiger partial charge in [0.15, 0.2) is 0 Å². The van der Waals surface area contributed by atoms with Crippen molar-refractivity contribution in [2.75, 3.05) is 7.11 Å². The van der Waals surface area contributed by atoms with Crippen LogP contribution in [0, 0.1) is 5.92 Å². The Kier molecular flexibility index (Phi) is 3.91. The minimum absolute atomic E-state index is 0.113.